The molecule has 4 aromatic rings. The number of carbonyl (C=O) groups is 1. The predicted octanol–water partition coefficient (Wildman–Crippen LogP) is 4.45. The molecule has 0 radical (unpaired) electrons. The number of thiocarbonyl (C=S) groups is 1. The van der Waals surface area contributed by atoms with Crippen molar-refractivity contribution in [2.75, 3.05) is 4.90 Å². The Morgan fingerprint density at radius 1 is 1.00 bits per heavy atom. The highest BCUT2D eigenvalue weighted by Gasteiger charge is 2.42. The van der Waals surface area contributed by atoms with E-state index in [9.17, 15) is 15.0 Å². The van der Waals surface area contributed by atoms with Crippen LogP contribution in [0.4, 0.5) is 5.69 Å². The van der Waals surface area contributed by atoms with Crippen LogP contribution in [0.5, 0.6) is 5.75 Å². The lowest BCUT2D eigenvalue weighted by atomic mass is 10.0. The number of carboxylic acid groups (broad SMARTS) is 1. The standard InChI is InChI=1S/C25H20N4O3S/c30-21-12-2-1-10-19(21)29-23(22(27-25(29)33)18-9-3-4-13-26-18)20-11-6-14-28(20)17-8-5-7-16(15-17)24(31)32/h1-15,22-23,30H,(H,27,33)(H,31,32)/t22-,23+/m0/s1. The Hall–Kier alpha value is -4.17. The maximum Gasteiger partial charge on any atom is 0.335 e. The number of aromatic carboxylic acids is 1. The Balaban J connectivity index is 1.68. The van der Waals surface area contributed by atoms with Gasteiger partial charge in [0.15, 0.2) is 5.11 Å². The number of anilines is 1. The van der Waals surface area contributed by atoms with Gasteiger partial charge in [-0.2, -0.15) is 0 Å². The van der Waals surface area contributed by atoms with Crippen LogP contribution in [0.25, 0.3) is 5.69 Å². The molecule has 7 nitrogen and oxygen atoms in total. The molecular formula is C25H20N4O3S. The summed E-state index contributed by atoms with van der Waals surface area (Å²) in [4.78, 5) is 18.0. The number of phenols is 1. The second-order valence-corrected chi connectivity index (χ2v) is 8.03. The summed E-state index contributed by atoms with van der Waals surface area (Å²) >= 11 is 5.71. The van der Waals surface area contributed by atoms with Crippen molar-refractivity contribution in [3.63, 3.8) is 0 Å². The molecule has 8 heteroatoms. The second-order valence-electron chi connectivity index (χ2n) is 7.64. The van der Waals surface area contributed by atoms with Crippen molar-refractivity contribution in [2.24, 2.45) is 0 Å². The number of aromatic hydroxyl groups is 1. The fourth-order valence-electron chi connectivity index (χ4n) is 4.24. The molecule has 0 aliphatic carbocycles. The molecule has 33 heavy (non-hydrogen) atoms. The number of nitrogens with one attached hydrogen (secondary N) is 1. The van der Waals surface area contributed by atoms with Crippen LogP contribution in [0.2, 0.25) is 0 Å². The number of phenolic OH excluding ortho intramolecular Hbond substituents is 1. The number of carboxylic acids is 1. The van der Waals surface area contributed by atoms with E-state index in [0.29, 0.717) is 16.5 Å². The van der Waals surface area contributed by atoms with Crippen molar-refractivity contribution >= 4 is 29.0 Å². The monoisotopic (exact) mass is 456 g/mol. The number of hydrogen-bond donors (Lipinski definition) is 3. The predicted molar refractivity (Wildman–Crippen MR) is 129 cm³/mol. The van der Waals surface area contributed by atoms with Crippen molar-refractivity contribution in [3.8, 4) is 11.4 Å². The van der Waals surface area contributed by atoms with Crippen LogP contribution in [0.15, 0.2) is 91.3 Å². The molecule has 3 heterocycles. The first-order valence-electron chi connectivity index (χ1n) is 10.3. The number of rotatable bonds is 5. The highest BCUT2D eigenvalue weighted by Crippen LogP contribution is 2.44. The Bertz CT molecular complexity index is 1340. The third kappa shape index (κ3) is 3.70. The maximum absolute atomic E-state index is 11.5. The van der Waals surface area contributed by atoms with E-state index in [4.69, 9.17) is 12.2 Å². The topological polar surface area (TPSA) is 90.6 Å². The molecule has 1 fully saturated rings. The fourth-order valence-corrected chi connectivity index (χ4v) is 4.58. The average molecular weight is 457 g/mol. The minimum Gasteiger partial charge on any atom is -0.506 e. The van der Waals surface area contributed by atoms with Gasteiger partial charge in [0.25, 0.3) is 0 Å². The van der Waals surface area contributed by atoms with Gasteiger partial charge < -0.3 is 25.0 Å². The van der Waals surface area contributed by atoms with E-state index in [0.717, 1.165) is 11.4 Å². The van der Waals surface area contributed by atoms with Gasteiger partial charge in [0.05, 0.1) is 23.0 Å². The SMILES string of the molecule is O=C(O)c1cccc(-n2cccc2[C@@H]2[C@H](c3ccccn3)NC(=S)N2c2ccccc2O)c1. The number of nitrogens with zero attached hydrogens (tertiary/aromatic N) is 3. The third-order valence-electron chi connectivity index (χ3n) is 5.69. The summed E-state index contributed by atoms with van der Waals surface area (Å²) in [6, 6.07) is 22.7. The molecule has 1 aliphatic heterocycles. The van der Waals surface area contributed by atoms with E-state index < -0.39 is 5.97 Å². The molecule has 0 saturated carbocycles. The zero-order chi connectivity index (χ0) is 22.9. The number of para-hydroxylation sites is 2. The smallest absolute Gasteiger partial charge is 0.335 e. The molecule has 5 rings (SSSR count). The maximum atomic E-state index is 11.5. The van der Waals surface area contributed by atoms with Gasteiger partial charge >= 0.3 is 5.97 Å². The molecular weight excluding hydrogens is 436 g/mol. The minimum atomic E-state index is -0.989. The second kappa shape index (κ2) is 8.40. The van der Waals surface area contributed by atoms with Crippen LogP contribution in [-0.4, -0.2) is 30.8 Å². The minimum absolute atomic E-state index is 0.110. The lowest BCUT2D eigenvalue weighted by Crippen LogP contribution is -2.30. The Kier molecular flexibility index (Phi) is 5.27. The van der Waals surface area contributed by atoms with Crippen LogP contribution in [0.1, 0.15) is 33.8 Å². The lowest BCUT2D eigenvalue weighted by molar-refractivity contribution is 0.0697. The van der Waals surface area contributed by atoms with Crippen molar-refractivity contribution in [2.45, 2.75) is 12.1 Å². The summed E-state index contributed by atoms with van der Waals surface area (Å²) in [6.45, 7) is 0. The quantitative estimate of drug-likeness (QED) is 0.382. The number of pyridine rings is 1. The van der Waals surface area contributed by atoms with Crippen LogP contribution in [-0.2, 0) is 0 Å². The van der Waals surface area contributed by atoms with Crippen molar-refractivity contribution < 1.29 is 15.0 Å². The molecule has 0 amide bonds. The van der Waals surface area contributed by atoms with Crippen LogP contribution in [0.3, 0.4) is 0 Å². The summed E-state index contributed by atoms with van der Waals surface area (Å²) < 4.78 is 1.94. The highest BCUT2D eigenvalue weighted by atomic mass is 32.1. The van der Waals surface area contributed by atoms with E-state index in [1.165, 1.54) is 0 Å². The van der Waals surface area contributed by atoms with Crippen LogP contribution in [0, 0.1) is 0 Å². The Labute approximate surface area is 195 Å². The van der Waals surface area contributed by atoms with Gasteiger partial charge in [-0.25, -0.2) is 4.79 Å². The first-order chi connectivity index (χ1) is 16.0. The molecule has 1 aliphatic rings. The summed E-state index contributed by atoms with van der Waals surface area (Å²) in [5.74, 6) is -0.879. The Morgan fingerprint density at radius 3 is 2.58 bits per heavy atom. The number of aromatic nitrogens is 2. The van der Waals surface area contributed by atoms with Gasteiger partial charge in [0.2, 0.25) is 0 Å². The highest BCUT2D eigenvalue weighted by molar-refractivity contribution is 7.80. The van der Waals surface area contributed by atoms with E-state index in [1.807, 2.05) is 64.2 Å². The van der Waals surface area contributed by atoms with E-state index in [2.05, 4.69) is 10.3 Å². The molecule has 1 saturated heterocycles. The molecule has 2 atom stereocenters. The van der Waals surface area contributed by atoms with Crippen LogP contribution < -0.4 is 10.2 Å². The zero-order valence-corrected chi connectivity index (χ0v) is 18.2. The van der Waals surface area contributed by atoms with Crippen LogP contribution >= 0.6 is 12.2 Å². The van der Waals surface area contributed by atoms with E-state index in [-0.39, 0.29) is 23.4 Å². The molecule has 0 unspecified atom stereocenters. The molecule has 0 spiro atoms. The summed E-state index contributed by atoms with van der Waals surface area (Å²) in [7, 11) is 0. The Morgan fingerprint density at radius 2 is 1.82 bits per heavy atom. The molecule has 2 aromatic carbocycles. The fraction of sp³-hybridized carbons (Fsp3) is 0.0800. The lowest BCUT2D eigenvalue weighted by Gasteiger charge is -2.29. The number of hydrogen-bond acceptors (Lipinski definition) is 4. The molecule has 2 aromatic heterocycles. The summed E-state index contributed by atoms with van der Waals surface area (Å²) in [5, 5.41) is 23.9. The molecule has 0 bridgehead atoms. The van der Waals surface area contributed by atoms with Gasteiger partial charge in [-0.1, -0.05) is 24.3 Å². The van der Waals surface area contributed by atoms with E-state index in [1.54, 1.807) is 36.5 Å². The van der Waals surface area contributed by atoms with Gasteiger partial charge in [-0.05, 0) is 66.8 Å². The van der Waals surface area contributed by atoms with Crippen molar-refractivity contribution in [1.82, 2.24) is 14.9 Å². The van der Waals surface area contributed by atoms with Crippen molar-refractivity contribution in [1.29, 1.82) is 0 Å². The normalized spacial score (nSPS) is 17.7. The third-order valence-corrected chi connectivity index (χ3v) is 6.01. The largest absolute Gasteiger partial charge is 0.506 e. The van der Waals surface area contributed by atoms with E-state index >= 15 is 0 Å². The van der Waals surface area contributed by atoms with Gasteiger partial charge in [0, 0.05) is 23.8 Å². The zero-order valence-electron chi connectivity index (χ0n) is 17.4. The van der Waals surface area contributed by atoms with Gasteiger partial charge in [0.1, 0.15) is 11.8 Å². The number of benzene rings is 2. The molecule has 3 N–H and O–H groups in total. The van der Waals surface area contributed by atoms with Gasteiger partial charge in [-0.15, -0.1) is 0 Å². The first kappa shape index (κ1) is 20.7. The summed E-state index contributed by atoms with van der Waals surface area (Å²) in [5.41, 5.74) is 3.15. The van der Waals surface area contributed by atoms with Crippen molar-refractivity contribution in [3.05, 3.63) is 108 Å². The first-order valence-corrected chi connectivity index (χ1v) is 10.7. The molecule has 164 valence electrons. The van der Waals surface area contributed by atoms with Gasteiger partial charge in [-0.3, -0.25) is 4.98 Å². The average Bonchev–Trinajstić information content (AvgIpc) is 3.44. The summed E-state index contributed by atoms with van der Waals surface area (Å²) in [6.07, 6.45) is 3.62.